The van der Waals surface area contributed by atoms with Gasteiger partial charge in [0.1, 0.15) is 5.82 Å². The molecule has 0 saturated carbocycles. The van der Waals surface area contributed by atoms with Gasteiger partial charge in [-0.05, 0) is 37.1 Å². The number of hydrogen-bond acceptors (Lipinski definition) is 4. The zero-order valence-electron chi connectivity index (χ0n) is 17.6. The van der Waals surface area contributed by atoms with Gasteiger partial charge in [-0.15, -0.1) is 0 Å². The number of allylic oxidation sites excluding steroid dienone is 1. The smallest absolute Gasteiger partial charge is 0.416 e. The van der Waals surface area contributed by atoms with E-state index in [1.807, 2.05) is 20.8 Å². The molecule has 7 nitrogen and oxygen atoms in total. The normalized spacial score (nSPS) is 13.7. The predicted octanol–water partition coefficient (Wildman–Crippen LogP) is 4.70. The summed E-state index contributed by atoms with van der Waals surface area (Å²) < 4.78 is 45.0. The fraction of sp³-hybridized carbons (Fsp3) is 0.381. The van der Waals surface area contributed by atoms with Gasteiger partial charge in [-0.1, -0.05) is 27.4 Å². The Kier molecular flexibility index (Phi) is 5.60. The Morgan fingerprint density at radius 1 is 1.19 bits per heavy atom. The average Bonchev–Trinajstić information content (AvgIpc) is 3.22. The molecule has 0 fully saturated rings. The summed E-state index contributed by atoms with van der Waals surface area (Å²) in [6.45, 7) is 10.9. The van der Waals surface area contributed by atoms with Crippen LogP contribution in [0, 0.1) is 0 Å². The molecule has 3 rings (SSSR count). The summed E-state index contributed by atoms with van der Waals surface area (Å²) in [5.41, 5.74) is 1.68. The van der Waals surface area contributed by atoms with Crippen molar-refractivity contribution in [3.63, 3.8) is 0 Å². The highest BCUT2D eigenvalue weighted by atomic mass is 19.4. The summed E-state index contributed by atoms with van der Waals surface area (Å²) in [7, 11) is 0. The highest BCUT2D eigenvalue weighted by Gasteiger charge is 2.44. The standard InChI is InChI=1S/C21H23F3N4O3/c1-12(2)31-19(30)25-17-11-16(20(3,4)5)26-28(17)14-6-7-15-13(10-14)8-9-27(15)18(29)21(22,23)24/h6-7,10-11H,1,8-9H2,2-5H3,(H,25,30). The minimum Gasteiger partial charge on any atom is -0.416 e. The molecule has 1 aliphatic heterocycles. The quantitative estimate of drug-likeness (QED) is 0.708. The lowest BCUT2D eigenvalue weighted by Crippen LogP contribution is -2.40. The van der Waals surface area contributed by atoms with Crippen molar-refractivity contribution in [2.45, 2.75) is 45.7 Å². The van der Waals surface area contributed by atoms with Crippen LogP contribution in [0.4, 0.5) is 29.5 Å². The third-order valence-corrected chi connectivity index (χ3v) is 4.67. The highest BCUT2D eigenvalue weighted by Crippen LogP contribution is 2.34. The summed E-state index contributed by atoms with van der Waals surface area (Å²) in [6.07, 6.45) is -5.40. The number of anilines is 2. The molecule has 0 unspecified atom stereocenters. The van der Waals surface area contributed by atoms with E-state index in [0.29, 0.717) is 22.8 Å². The number of hydrogen-bond donors (Lipinski definition) is 1. The van der Waals surface area contributed by atoms with Crippen LogP contribution in [-0.4, -0.2) is 34.5 Å². The van der Waals surface area contributed by atoms with Crippen molar-refractivity contribution in [2.24, 2.45) is 0 Å². The van der Waals surface area contributed by atoms with Crippen molar-refractivity contribution >= 4 is 23.5 Å². The largest absolute Gasteiger partial charge is 0.471 e. The molecular formula is C21H23F3N4O3. The number of alkyl halides is 3. The predicted molar refractivity (Wildman–Crippen MR) is 109 cm³/mol. The molecule has 2 amide bonds. The van der Waals surface area contributed by atoms with Gasteiger partial charge in [0.05, 0.1) is 17.1 Å². The molecule has 1 aromatic carbocycles. The van der Waals surface area contributed by atoms with Crippen LogP contribution in [0.1, 0.15) is 39.0 Å². The monoisotopic (exact) mass is 436 g/mol. The highest BCUT2D eigenvalue weighted by molar-refractivity contribution is 5.99. The summed E-state index contributed by atoms with van der Waals surface area (Å²) >= 11 is 0. The zero-order valence-corrected chi connectivity index (χ0v) is 17.6. The van der Waals surface area contributed by atoms with Crippen molar-refractivity contribution in [3.05, 3.63) is 47.9 Å². The van der Waals surface area contributed by atoms with Crippen molar-refractivity contribution in [3.8, 4) is 5.69 Å². The molecule has 166 valence electrons. The molecule has 2 heterocycles. The number of carbonyl (C=O) groups is 2. The summed E-state index contributed by atoms with van der Waals surface area (Å²) in [5, 5.41) is 7.18. The van der Waals surface area contributed by atoms with Crippen LogP contribution in [-0.2, 0) is 21.4 Å². The Morgan fingerprint density at radius 3 is 2.45 bits per heavy atom. The van der Waals surface area contributed by atoms with Gasteiger partial charge in [0.25, 0.3) is 0 Å². The fourth-order valence-electron chi connectivity index (χ4n) is 3.21. The van der Waals surface area contributed by atoms with Gasteiger partial charge in [0.2, 0.25) is 0 Å². The SMILES string of the molecule is C=C(C)OC(=O)Nc1cc(C(C)(C)C)nn1-c1ccc2c(c1)CCN2C(=O)C(F)(F)F. The Labute approximate surface area is 177 Å². The van der Waals surface area contributed by atoms with Gasteiger partial charge in [-0.3, -0.25) is 10.1 Å². The number of carbonyl (C=O) groups excluding carboxylic acids is 2. The van der Waals surface area contributed by atoms with Gasteiger partial charge in [-0.25, -0.2) is 9.48 Å². The van der Waals surface area contributed by atoms with Gasteiger partial charge >= 0.3 is 18.2 Å². The minimum atomic E-state index is -4.94. The maximum atomic E-state index is 12.9. The van der Waals surface area contributed by atoms with Crippen LogP contribution < -0.4 is 10.2 Å². The molecule has 2 aromatic rings. The Morgan fingerprint density at radius 2 is 1.87 bits per heavy atom. The molecule has 0 atom stereocenters. The molecule has 31 heavy (non-hydrogen) atoms. The number of halogens is 3. The number of fused-ring (bicyclic) bond motifs is 1. The molecule has 10 heteroatoms. The molecule has 0 radical (unpaired) electrons. The van der Waals surface area contributed by atoms with Crippen molar-refractivity contribution < 1.29 is 27.5 Å². The van der Waals surface area contributed by atoms with Crippen molar-refractivity contribution in [1.82, 2.24) is 9.78 Å². The van der Waals surface area contributed by atoms with Crippen LogP contribution in [0.2, 0.25) is 0 Å². The first-order chi connectivity index (χ1) is 14.3. The number of benzene rings is 1. The van der Waals surface area contributed by atoms with Crippen LogP contribution >= 0.6 is 0 Å². The molecular weight excluding hydrogens is 413 g/mol. The number of rotatable bonds is 3. The third-order valence-electron chi connectivity index (χ3n) is 4.67. The Hall–Kier alpha value is -3.30. The number of nitrogens with zero attached hydrogens (tertiary/aromatic N) is 3. The second kappa shape index (κ2) is 7.75. The number of amides is 2. The number of ether oxygens (including phenoxy) is 1. The van der Waals surface area contributed by atoms with Crippen LogP contribution in [0.3, 0.4) is 0 Å². The Balaban J connectivity index is 1.99. The van der Waals surface area contributed by atoms with Gasteiger partial charge in [0, 0.05) is 23.7 Å². The van der Waals surface area contributed by atoms with Gasteiger partial charge in [0.15, 0.2) is 0 Å². The van der Waals surface area contributed by atoms with E-state index < -0.39 is 18.2 Å². The molecule has 0 saturated heterocycles. The zero-order chi connectivity index (χ0) is 23.1. The maximum absolute atomic E-state index is 12.9. The molecule has 1 aliphatic rings. The molecule has 0 spiro atoms. The first kappa shape index (κ1) is 22.4. The summed E-state index contributed by atoms with van der Waals surface area (Å²) in [5.74, 6) is -1.35. The van der Waals surface area contributed by atoms with E-state index in [0.717, 1.165) is 4.90 Å². The fourth-order valence-corrected chi connectivity index (χ4v) is 3.21. The lowest BCUT2D eigenvalue weighted by molar-refractivity contribution is -0.170. The summed E-state index contributed by atoms with van der Waals surface area (Å²) in [6, 6.07) is 6.37. The lowest BCUT2D eigenvalue weighted by Gasteiger charge is -2.19. The number of nitrogens with one attached hydrogen (secondary N) is 1. The second-order valence-corrected chi connectivity index (χ2v) is 8.31. The second-order valence-electron chi connectivity index (χ2n) is 8.31. The topological polar surface area (TPSA) is 76.5 Å². The van der Waals surface area contributed by atoms with Gasteiger partial charge < -0.3 is 9.64 Å². The van der Waals surface area contributed by atoms with Crippen molar-refractivity contribution in [2.75, 3.05) is 16.8 Å². The van der Waals surface area contributed by atoms with Crippen LogP contribution in [0.25, 0.3) is 5.69 Å². The molecule has 0 aliphatic carbocycles. The van der Waals surface area contributed by atoms with Crippen LogP contribution in [0.15, 0.2) is 36.6 Å². The summed E-state index contributed by atoms with van der Waals surface area (Å²) in [4.78, 5) is 24.5. The van der Waals surface area contributed by atoms with E-state index in [1.54, 1.807) is 18.2 Å². The first-order valence-corrected chi connectivity index (χ1v) is 9.54. The van der Waals surface area contributed by atoms with Gasteiger partial charge in [-0.2, -0.15) is 18.3 Å². The Bertz CT molecular complexity index is 1050. The maximum Gasteiger partial charge on any atom is 0.471 e. The van der Waals surface area contributed by atoms with E-state index in [-0.39, 0.29) is 29.8 Å². The minimum absolute atomic E-state index is 0.0560. The molecule has 1 aromatic heterocycles. The van der Waals surface area contributed by atoms with E-state index in [2.05, 4.69) is 17.0 Å². The first-order valence-electron chi connectivity index (χ1n) is 9.54. The molecule has 0 bridgehead atoms. The van der Waals surface area contributed by atoms with E-state index in [9.17, 15) is 22.8 Å². The lowest BCUT2D eigenvalue weighted by atomic mass is 9.92. The average molecular weight is 436 g/mol. The van der Waals surface area contributed by atoms with E-state index >= 15 is 0 Å². The van der Waals surface area contributed by atoms with Crippen LogP contribution in [0.5, 0.6) is 0 Å². The third kappa shape index (κ3) is 4.73. The number of aromatic nitrogens is 2. The molecule has 1 N–H and O–H groups in total. The van der Waals surface area contributed by atoms with Crippen molar-refractivity contribution in [1.29, 1.82) is 0 Å². The van der Waals surface area contributed by atoms with E-state index in [4.69, 9.17) is 4.74 Å². The van der Waals surface area contributed by atoms with E-state index in [1.165, 1.54) is 17.7 Å².